The fourth-order valence-electron chi connectivity index (χ4n) is 3.25. The fraction of sp³-hybridized carbons (Fsp3) is 0.273. The average molecular weight is 397 g/mol. The summed E-state index contributed by atoms with van der Waals surface area (Å²) < 4.78 is 25.5. The standard InChI is InChI=1S/C22H24FN3O3/c1-14(20-13-24-26(15(20)2)18-7-5-17(23)6-8-18)25-22(27)12-16-11-19(28-3)9-10-21(16)29-4/h5-11,13-14H,12H2,1-4H3,(H,25,27). The zero-order chi connectivity index (χ0) is 21.0. The third-order valence-corrected chi connectivity index (χ3v) is 4.80. The molecule has 0 saturated carbocycles. The van der Waals surface area contributed by atoms with Gasteiger partial charge in [-0.2, -0.15) is 5.10 Å². The number of methoxy groups -OCH3 is 2. The van der Waals surface area contributed by atoms with Gasteiger partial charge >= 0.3 is 0 Å². The van der Waals surface area contributed by atoms with Crippen LogP contribution in [0.5, 0.6) is 11.5 Å². The maximum atomic E-state index is 13.2. The minimum atomic E-state index is -0.299. The summed E-state index contributed by atoms with van der Waals surface area (Å²) in [5, 5.41) is 7.38. The number of carbonyl (C=O) groups is 1. The first-order chi connectivity index (χ1) is 13.9. The number of aromatic nitrogens is 2. The highest BCUT2D eigenvalue weighted by atomic mass is 19.1. The van der Waals surface area contributed by atoms with Gasteiger partial charge in [0.2, 0.25) is 5.91 Å². The molecule has 0 fully saturated rings. The molecule has 29 heavy (non-hydrogen) atoms. The lowest BCUT2D eigenvalue weighted by Gasteiger charge is -2.15. The van der Waals surface area contributed by atoms with E-state index in [-0.39, 0.29) is 24.2 Å². The van der Waals surface area contributed by atoms with Gasteiger partial charge in [-0.1, -0.05) is 0 Å². The number of amides is 1. The van der Waals surface area contributed by atoms with E-state index in [1.165, 1.54) is 12.1 Å². The van der Waals surface area contributed by atoms with Gasteiger partial charge in [-0.3, -0.25) is 4.79 Å². The lowest BCUT2D eigenvalue weighted by atomic mass is 10.1. The van der Waals surface area contributed by atoms with Crippen molar-refractivity contribution in [3.05, 3.63) is 71.3 Å². The second-order valence-corrected chi connectivity index (χ2v) is 6.72. The largest absolute Gasteiger partial charge is 0.497 e. The van der Waals surface area contributed by atoms with Crippen LogP contribution in [0.1, 0.15) is 29.8 Å². The molecule has 0 aliphatic carbocycles. The predicted molar refractivity (Wildman–Crippen MR) is 108 cm³/mol. The third kappa shape index (κ3) is 4.56. The highest BCUT2D eigenvalue weighted by Gasteiger charge is 2.18. The molecule has 1 aromatic heterocycles. The summed E-state index contributed by atoms with van der Waals surface area (Å²) in [7, 11) is 3.15. The van der Waals surface area contributed by atoms with Crippen LogP contribution in [-0.2, 0) is 11.2 Å². The highest BCUT2D eigenvalue weighted by molar-refractivity contribution is 5.80. The Morgan fingerprint density at radius 2 is 1.90 bits per heavy atom. The van der Waals surface area contributed by atoms with Gasteiger partial charge < -0.3 is 14.8 Å². The molecular formula is C22H24FN3O3. The number of benzene rings is 2. The van der Waals surface area contributed by atoms with Crippen molar-refractivity contribution in [1.29, 1.82) is 0 Å². The number of hydrogen-bond acceptors (Lipinski definition) is 4. The molecule has 0 saturated heterocycles. The van der Waals surface area contributed by atoms with E-state index in [1.807, 2.05) is 13.8 Å². The number of nitrogens with one attached hydrogen (secondary N) is 1. The van der Waals surface area contributed by atoms with E-state index in [2.05, 4.69) is 10.4 Å². The summed E-state index contributed by atoms with van der Waals surface area (Å²) in [5.41, 5.74) is 3.27. The molecule has 0 aliphatic rings. The number of nitrogens with zero attached hydrogens (tertiary/aromatic N) is 2. The smallest absolute Gasteiger partial charge is 0.225 e. The van der Waals surface area contributed by atoms with E-state index < -0.39 is 0 Å². The Kier molecular flexibility index (Phi) is 6.16. The Hall–Kier alpha value is -3.35. The zero-order valence-corrected chi connectivity index (χ0v) is 16.9. The molecule has 1 N–H and O–H groups in total. The van der Waals surface area contributed by atoms with Gasteiger partial charge in [-0.15, -0.1) is 0 Å². The molecule has 1 atom stereocenters. The minimum Gasteiger partial charge on any atom is -0.497 e. The summed E-state index contributed by atoms with van der Waals surface area (Å²) in [6.45, 7) is 3.82. The van der Waals surface area contributed by atoms with E-state index in [4.69, 9.17) is 9.47 Å². The first kappa shape index (κ1) is 20.4. The normalized spacial score (nSPS) is 11.8. The Morgan fingerprint density at radius 3 is 2.55 bits per heavy atom. The van der Waals surface area contributed by atoms with Crippen molar-refractivity contribution in [1.82, 2.24) is 15.1 Å². The third-order valence-electron chi connectivity index (χ3n) is 4.80. The van der Waals surface area contributed by atoms with Crippen molar-refractivity contribution in [3.8, 4) is 17.2 Å². The topological polar surface area (TPSA) is 65.4 Å². The molecule has 3 rings (SSSR count). The quantitative estimate of drug-likeness (QED) is 0.659. The first-order valence-corrected chi connectivity index (χ1v) is 9.23. The van der Waals surface area contributed by atoms with E-state index in [1.54, 1.807) is 55.4 Å². The SMILES string of the molecule is COc1ccc(OC)c(CC(=O)NC(C)c2cnn(-c3ccc(F)cc3)c2C)c1. The summed E-state index contributed by atoms with van der Waals surface area (Å²) in [4.78, 5) is 12.6. The van der Waals surface area contributed by atoms with Gasteiger partial charge in [0, 0.05) is 16.8 Å². The van der Waals surface area contributed by atoms with Crippen LogP contribution in [0.2, 0.25) is 0 Å². The monoisotopic (exact) mass is 397 g/mol. The molecule has 3 aromatic rings. The maximum absolute atomic E-state index is 13.2. The first-order valence-electron chi connectivity index (χ1n) is 9.23. The lowest BCUT2D eigenvalue weighted by molar-refractivity contribution is -0.121. The van der Waals surface area contributed by atoms with E-state index >= 15 is 0 Å². The van der Waals surface area contributed by atoms with Gasteiger partial charge in [0.05, 0.1) is 38.6 Å². The molecular weight excluding hydrogens is 373 g/mol. The number of halogens is 1. The molecule has 0 bridgehead atoms. The fourth-order valence-corrected chi connectivity index (χ4v) is 3.25. The van der Waals surface area contributed by atoms with Crippen molar-refractivity contribution in [2.24, 2.45) is 0 Å². The van der Waals surface area contributed by atoms with Crippen LogP contribution in [0.4, 0.5) is 4.39 Å². The molecule has 7 heteroatoms. The van der Waals surface area contributed by atoms with E-state index in [0.29, 0.717) is 11.5 Å². The van der Waals surface area contributed by atoms with Crippen molar-refractivity contribution in [2.45, 2.75) is 26.3 Å². The molecule has 2 aromatic carbocycles. The summed E-state index contributed by atoms with van der Waals surface area (Å²) in [6.07, 6.45) is 1.88. The Bertz CT molecular complexity index is 999. The minimum absolute atomic E-state index is 0.141. The van der Waals surface area contributed by atoms with Gasteiger partial charge in [0.25, 0.3) is 0 Å². The number of ether oxygens (including phenoxy) is 2. The Labute approximate surface area is 169 Å². The van der Waals surface area contributed by atoms with Crippen molar-refractivity contribution in [3.63, 3.8) is 0 Å². The van der Waals surface area contributed by atoms with Crippen molar-refractivity contribution in [2.75, 3.05) is 14.2 Å². The summed E-state index contributed by atoms with van der Waals surface area (Å²) in [6, 6.07) is 11.2. The van der Waals surface area contributed by atoms with Gasteiger partial charge in [0.15, 0.2) is 0 Å². The Balaban J connectivity index is 1.73. The highest BCUT2D eigenvalue weighted by Crippen LogP contribution is 2.25. The average Bonchev–Trinajstić information content (AvgIpc) is 3.09. The van der Waals surface area contributed by atoms with Gasteiger partial charge in [-0.05, 0) is 56.3 Å². The molecule has 6 nitrogen and oxygen atoms in total. The number of carbonyl (C=O) groups excluding carboxylic acids is 1. The Morgan fingerprint density at radius 1 is 1.17 bits per heavy atom. The summed E-state index contributed by atoms with van der Waals surface area (Å²) in [5.74, 6) is 0.859. The molecule has 0 spiro atoms. The van der Waals surface area contributed by atoms with Crippen molar-refractivity contribution < 1.29 is 18.7 Å². The van der Waals surface area contributed by atoms with Crippen LogP contribution in [0.15, 0.2) is 48.7 Å². The lowest BCUT2D eigenvalue weighted by Crippen LogP contribution is -2.28. The maximum Gasteiger partial charge on any atom is 0.225 e. The van der Waals surface area contributed by atoms with E-state index in [0.717, 1.165) is 22.5 Å². The molecule has 1 heterocycles. The van der Waals surface area contributed by atoms with Crippen molar-refractivity contribution >= 4 is 5.91 Å². The molecule has 0 radical (unpaired) electrons. The van der Waals surface area contributed by atoms with Crippen LogP contribution in [0, 0.1) is 12.7 Å². The molecule has 0 aliphatic heterocycles. The zero-order valence-electron chi connectivity index (χ0n) is 16.9. The van der Waals surface area contributed by atoms with Crippen LogP contribution in [-0.4, -0.2) is 29.9 Å². The number of rotatable bonds is 7. The molecule has 1 amide bonds. The predicted octanol–water partition coefficient (Wildman–Crippen LogP) is 3.76. The molecule has 1 unspecified atom stereocenters. The second kappa shape index (κ2) is 8.77. The van der Waals surface area contributed by atoms with Crippen LogP contribution >= 0.6 is 0 Å². The van der Waals surface area contributed by atoms with Gasteiger partial charge in [-0.25, -0.2) is 9.07 Å². The van der Waals surface area contributed by atoms with Gasteiger partial charge in [0.1, 0.15) is 17.3 Å². The van der Waals surface area contributed by atoms with Crippen LogP contribution in [0.3, 0.4) is 0 Å². The molecule has 152 valence electrons. The van der Waals surface area contributed by atoms with Crippen LogP contribution in [0.25, 0.3) is 5.69 Å². The second-order valence-electron chi connectivity index (χ2n) is 6.72. The van der Waals surface area contributed by atoms with E-state index in [9.17, 15) is 9.18 Å². The summed E-state index contributed by atoms with van der Waals surface area (Å²) >= 11 is 0. The van der Waals surface area contributed by atoms with Crippen LogP contribution < -0.4 is 14.8 Å². The number of hydrogen-bond donors (Lipinski definition) is 1.